The minimum absolute atomic E-state index is 0.0742. The molecule has 1 aliphatic heterocycles. The predicted octanol–water partition coefficient (Wildman–Crippen LogP) is 2.29. The molecule has 3 rings (SSSR count). The zero-order chi connectivity index (χ0) is 17.1. The number of nitrogens with zero attached hydrogens (tertiary/aromatic N) is 1. The first-order valence-corrected chi connectivity index (χ1v) is 8.44. The first-order chi connectivity index (χ1) is 11.6. The number of nitrogens with one attached hydrogen (secondary N) is 1. The van der Waals surface area contributed by atoms with Gasteiger partial charge in [-0.2, -0.15) is 0 Å². The second-order valence-corrected chi connectivity index (χ2v) is 6.45. The fraction of sp³-hybridized carbons (Fsp3) is 0.556. The van der Waals surface area contributed by atoms with Gasteiger partial charge in [0.05, 0.1) is 25.8 Å². The van der Waals surface area contributed by atoms with E-state index in [1.165, 1.54) is 0 Å². The Labute approximate surface area is 142 Å². The van der Waals surface area contributed by atoms with Gasteiger partial charge in [0.25, 0.3) is 0 Å². The minimum Gasteiger partial charge on any atom is -0.497 e. The van der Waals surface area contributed by atoms with Crippen molar-refractivity contribution in [3.63, 3.8) is 0 Å². The Morgan fingerprint density at radius 1 is 1.12 bits per heavy atom. The Bertz CT molecular complexity index is 627. The first-order valence-electron chi connectivity index (χ1n) is 8.44. The number of hydrogen-bond donors (Lipinski definition) is 1. The summed E-state index contributed by atoms with van der Waals surface area (Å²) in [4.78, 5) is 26.7. The number of hydrogen-bond acceptors (Lipinski definition) is 4. The molecule has 0 aromatic heterocycles. The lowest BCUT2D eigenvalue weighted by molar-refractivity contribution is -0.135. The molecule has 1 aliphatic carbocycles. The highest BCUT2D eigenvalue weighted by atomic mass is 16.5. The molecule has 6 heteroatoms. The highest BCUT2D eigenvalue weighted by Gasteiger charge is 2.36. The largest absolute Gasteiger partial charge is 0.497 e. The van der Waals surface area contributed by atoms with Crippen LogP contribution in [-0.2, 0) is 9.59 Å². The van der Waals surface area contributed by atoms with Crippen molar-refractivity contribution >= 4 is 17.5 Å². The number of likely N-dealkylation sites (tertiary alicyclic amines) is 1. The molecule has 1 N–H and O–H groups in total. The maximum atomic E-state index is 12.6. The lowest BCUT2D eigenvalue weighted by atomic mass is 9.96. The van der Waals surface area contributed by atoms with Crippen LogP contribution in [0.1, 0.15) is 25.7 Å². The zero-order valence-electron chi connectivity index (χ0n) is 14.2. The molecular weight excluding hydrogens is 308 g/mol. The molecule has 130 valence electrons. The van der Waals surface area contributed by atoms with Crippen LogP contribution in [0.5, 0.6) is 11.5 Å². The van der Waals surface area contributed by atoms with Gasteiger partial charge in [0.1, 0.15) is 11.5 Å². The molecule has 1 saturated heterocycles. The van der Waals surface area contributed by atoms with E-state index in [4.69, 9.17) is 9.47 Å². The lowest BCUT2D eigenvalue weighted by Gasteiger charge is -2.32. The summed E-state index contributed by atoms with van der Waals surface area (Å²) in [6.07, 6.45) is 3.65. The van der Waals surface area contributed by atoms with E-state index in [9.17, 15) is 9.59 Å². The molecule has 2 amide bonds. The van der Waals surface area contributed by atoms with Crippen molar-refractivity contribution in [1.82, 2.24) is 4.90 Å². The van der Waals surface area contributed by atoms with E-state index in [0.29, 0.717) is 23.7 Å². The van der Waals surface area contributed by atoms with Crippen molar-refractivity contribution in [2.45, 2.75) is 25.7 Å². The second-order valence-electron chi connectivity index (χ2n) is 6.45. The fourth-order valence-corrected chi connectivity index (χ4v) is 3.13. The average molecular weight is 332 g/mol. The summed E-state index contributed by atoms with van der Waals surface area (Å²) in [5, 5.41) is 2.93. The molecule has 2 aliphatic rings. The number of benzene rings is 1. The topological polar surface area (TPSA) is 67.9 Å². The summed E-state index contributed by atoms with van der Waals surface area (Å²) in [6.45, 7) is 1.27. The van der Waals surface area contributed by atoms with Gasteiger partial charge >= 0.3 is 0 Å². The van der Waals surface area contributed by atoms with Gasteiger partial charge in [0.15, 0.2) is 0 Å². The molecule has 1 heterocycles. The van der Waals surface area contributed by atoms with Gasteiger partial charge in [-0.15, -0.1) is 0 Å². The Kier molecular flexibility index (Phi) is 4.92. The number of piperidine rings is 1. The number of ether oxygens (including phenoxy) is 2. The molecule has 24 heavy (non-hydrogen) atoms. The van der Waals surface area contributed by atoms with E-state index < -0.39 is 0 Å². The SMILES string of the molecule is COc1ccc(OC)c(NC(=O)C2CCCN(C(=O)C3CC3)C2)c1. The van der Waals surface area contributed by atoms with Crippen LogP contribution in [0.15, 0.2) is 18.2 Å². The van der Waals surface area contributed by atoms with Crippen LogP contribution in [0, 0.1) is 11.8 Å². The van der Waals surface area contributed by atoms with Crippen molar-refractivity contribution in [2.75, 3.05) is 32.6 Å². The number of rotatable bonds is 5. The summed E-state index contributed by atoms with van der Waals surface area (Å²) in [7, 11) is 3.14. The molecule has 1 unspecified atom stereocenters. The number of carbonyl (C=O) groups excluding carboxylic acids is 2. The van der Waals surface area contributed by atoms with E-state index in [0.717, 1.165) is 32.2 Å². The number of carbonyl (C=O) groups is 2. The highest BCUT2D eigenvalue weighted by Crippen LogP contribution is 2.33. The molecule has 0 radical (unpaired) electrons. The second kappa shape index (κ2) is 7.11. The summed E-state index contributed by atoms with van der Waals surface area (Å²) in [6, 6.07) is 5.29. The summed E-state index contributed by atoms with van der Waals surface area (Å²) >= 11 is 0. The summed E-state index contributed by atoms with van der Waals surface area (Å²) in [5.74, 6) is 1.40. The number of methoxy groups -OCH3 is 2. The van der Waals surface area contributed by atoms with Gasteiger partial charge in [-0.05, 0) is 37.8 Å². The molecule has 1 aromatic rings. The standard InChI is InChI=1S/C18H24N2O4/c1-23-14-7-8-16(24-2)15(10-14)19-17(21)13-4-3-9-20(11-13)18(22)12-5-6-12/h7-8,10,12-13H,3-6,9,11H2,1-2H3,(H,19,21). The molecule has 0 spiro atoms. The van der Waals surface area contributed by atoms with Crippen LogP contribution in [0.25, 0.3) is 0 Å². The smallest absolute Gasteiger partial charge is 0.229 e. The van der Waals surface area contributed by atoms with Gasteiger partial charge in [-0.25, -0.2) is 0 Å². The van der Waals surface area contributed by atoms with Crippen molar-refractivity contribution in [2.24, 2.45) is 11.8 Å². The van der Waals surface area contributed by atoms with Gasteiger partial charge in [-0.1, -0.05) is 0 Å². The van der Waals surface area contributed by atoms with E-state index >= 15 is 0 Å². The summed E-state index contributed by atoms with van der Waals surface area (Å²) < 4.78 is 10.5. The van der Waals surface area contributed by atoms with Crippen LogP contribution < -0.4 is 14.8 Å². The Balaban J connectivity index is 1.66. The van der Waals surface area contributed by atoms with Gasteiger partial charge in [0.2, 0.25) is 11.8 Å². The predicted molar refractivity (Wildman–Crippen MR) is 90.2 cm³/mol. The monoisotopic (exact) mass is 332 g/mol. The van der Waals surface area contributed by atoms with Crippen molar-refractivity contribution < 1.29 is 19.1 Å². The number of anilines is 1. The Morgan fingerprint density at radius 3 is 2.58 bits per heavy atom. The lowest BCUT2D eigenvalue weighted by Crippen LogP contribution is -2.44. The van der Waals surface area contributed by atoms with Gasteiger partial charge in [0, 0.05) is 25.1 Å². The molecule has 0 bridgehead atoms. The molecule has 6 nitrogen and oxygen atoms in total. The van der Waals surface area contributed by atoms with Crippen LogP contribution in [0.2, 0.25) is 0 Å². The van der Waals surface area contributed by atoms with Gasteiger partial charge < -0.3 is 19.7 Å². The van der Waals surface area contributed by atoms with E-state index in [-0.39, 0.29) is 23.7 Å². The molecule has 1 atom stereocenters. The van der Waals surface area contributed by atoms with Crippen LogP contribution >= 0.6 is 0 Å². The third kappa shape index (κ3) is 3.63. The molecule has 2 fully saturated rings. The fourth-order valence-electron chi connectivity index (χ4n) is 3.13. The minimum atomic E-state index is -0.183. The molecular formula is C18H24N2O4. The van der Waals surface area contributed by atoms with Crippen LogP contribution in [0.3, 0.4) is 0 Å². The third-order valence-electron chi connectivity index (χ3n) is 4.69. The molecule has 1 aromatic carbocycles. The zero-order valence-corrected chi connectivity index (χ0v) is 14.2. The van der Waals surface area contributed by atoms with Crippen molar-refractivity contribution in [3.8, 4) is 11.5 Å². The third-order valence-corrected chi connectivity index (χ3v) is 4.69. The average Bonchev–Trinajstić information content (AvgIpc) is 3.46. The first kappa shape index (κ1) is 16.6. The quantitative estimate of drug-likeness (QED) is 0.898. The normalized spacial score (nSPS) is 20.4. The molecule has 1 saturated carbocycles. The van der Waals surface area contributed by atoms with Crippen LogP contribution in [-0.4, -0.2) is 44.0 Å². The van der Waals surface area contributed by atoms with Crippen LogP contribution in [0.4, 0.5) is 5.69 Å². The van der Waals surface area contributed by atoms with Crippen molar-refractivity contribution in [1.29, 1.82) is 0 Å². The Hall–Kier alpha value is -2.24. The maximum Gasteiger partial charge on any atom is 0.229 e. The van der Waals surface area contributed by atoms with E-state index in [1.807, 2.05) is 4.90 Å². The van der Waals surface area contributed by atoms with Crippen molar-refractivity contribution in [3.05, 3.63) is 18.2 Å². The highest BCUT2D eigenvalue weighted by molar-refractivity contribution is 5.95. The number of amides is 2. The Morgan fingerprint density at radius 2 is 1.92 bits per heavy atom. The van der Waals surface area contributed by atoms with Gasteiger partial charge in [-0.3, -0.25) is 9.59 Å². The van der Waals surface area contributed by atoms with E-state index in [1.54, 1.807) is 32.4 Å². The van der Waals surface area contributed by atoms with E-state index in [2.05, 4.69) is 5.32 Å². The summed E-state index contributed by atoms with van der Waals surface area (Å²) in [5.41, 5.74) is 0.590. The maximum absolute atomic E-state index is 12.6.